The van der Waals surface area contributed by atoms with E-state index >= 15 is 0 Å². The van der Waals surface area contributed by atoms with Crippen molar-refractivity contribution < 1.29 is 33.8 Å². The fourth-order valence-corrected chi connectivity index (χ4v) is 4.65. The van der Waals surface area contributed by atoms with Crippen LogP contribution in [0.1, 0.15) is 29.7 Å². The van der Waals surface area contributed by atoms with Crippen LogP contribution in [0.15, 0.2) is 23.1 Å². The van der Waals surface area contributed by atoms with Gasteiger partial charge in [0.05, 0.1) is 22.7 Å². The summed E-state index contributed by atoms with van der Waals surface area (Å²) in [6, 6.07) is -0.352. The van der Waals surface area contributed by atoms with E-state index in [9.17, 15) is 24.0 Å². The Labute approximate surface area is 209 Å². The lowest BCUT2D eigenvalue weighted by Gasteiger charge is -2.37. The van der Waals surface area contributed by atoms with E-state index in [0.29, 0.717) is 41.7 Å². The number of amides is 4. The fourth-order valence-electron chi connectivity index (χ4n) is 3.60. The molecule has 0 saturated carbocycles. The van der Waals surface area contributed by atoms with Crippen molar-refractivity contribution in [3.63, 3.8) is 0 Å². The number of imide groups is 1. The third-order valence-electron chi connectivity index (χ3n) is 5.44. The number of aliphatic carboxylic acids is 1. The summed E-state index contributed by atoms with van der Waals surface area (Å²) in [6.07, 6.45) is 4.45. The molecule has 2 aliphatic rings. The highest BCUT2D eigenvalue weighted by Crippen LogP contribution is 2.30. The van der Waals surface area contributed by atoms with Gasteiger partial charge in [-0.2, -0.15) is 0 Å². The lowest BCUT2D eigenvalue weighted by Crippen LogP contribution is -2.55. The number of carbonyl (C=O) groups is 5. The SMILES string of the molecule is CCc1[nH]c(C(=O)N[C@H]2CCN(C(=O)/C=C/C=C3\SC(=O)N(CC(=O)O)C3=O)C[C@H]2OC)nc1Cl. The Morgan fingerprint density at radius 1 is 1.37 bits per heavy atom. The summed E-state index contributed by atoms with van der Waals surface area (Å²) in [6.45, 7) is 1.74. The van der Waals surface area contributed by atoms with Crippen LogP contribution in [0.25, 0.3) is 0 Å². The van der Waals surface area contributed by atoms with Crippen LogP contribution >= 0.6 is 23.4 Å². The van der Waals surface area contributed by atoms with Gasteiger partial charge in [-0.05, 0) is 30.7 Å². The Balaban J connectivity index is 1.57. The van der Waals surface area contributed by atoms with Crippen LogP contribution in [0.5, 0.6) is 0 Å². The standard InChI is InChI=1S/C21H24ClN5O7S/c1-3-11-17(22)25-18(23-11)19(31)24-12-7-8-26(9-13(12)34-2)15(28)6-4-5-14-20(32)27(10-16(29)30)21(33)35-14/h4-6,12-13H,3,7-10H2,1-2H3,(H,23,25)(H,24,31)(H,29,30)/b6-4+,14-5-/t12-,13+/m0/s1. The first-order chi connectivity index (χ1) is 16.6. The number of rotatable bonds is 8. The molecule has 12 nitrogen and oxygen atoms in total. The van der Waals surface area contributed by atoms with Crippen LogP contribution < -0.4 is 5.32 Å². The monoisotopic (exact) mass is 525 g/mol. The van der Waals surface area contributed by atoms with Gasteiger partial charge in [0.1, 0.15) is 6.54 Å². The Morgan fingerprint density at radius 2 is 2.11 bits per heavy atom. The fraction of sp³-hybridized carbons (Fsp3) is 0.429. The highest BCUT2D eigenvalue weighted by Gasteiger charge is 2.36. The second kappa shape index (κ2) is 11.5. The van der Waals surface area contributed by atoms with E-state index in [1.807, 2.05) is 6.92 Å². The number of thioether (sulfide) groups is 1. The Kier molecular flexibility index (Phi) is 8.70. The molecule has 0 aliphatic carbocycles. The molecule has 3 N–H and O–H groups in total. The highest BCUT2D eigenvalue weighted by molar-refractivity contribution is 8.18. The van der Waals surface area contributed by atoms with Crippen molar-refractivity contribution in [2.45, 2.75) is 31.9 Å². The predicted molar refractivity (Wildman–Crippen MR) is 126 cm³/mol. The minimum absolute atomic E-state index is 0.0285. The molecule has 0 aromatic carbocycles. The number of aromatic amines is 1. The van der Waals surface area contributed by atoms with Crippen molar-refractivity contribution >= 4 is 52.3 Å². The summed E-state index contributed by atoms with van der Waals surface area (Å²) in [5.41, 5.74) is 0.666. The first-order valence-electron chi connectivity index (χ1n) is 10.6. The average Bonchev–Trinajstić information content (AvgIpc) is 3.33. The zero-order valence-corrected chi connectivity index (χ0v) is 20.5. The number of allylic oxidation sites excluding steroid dienone is 2. The highest BCUT2D eigenvalue weighted by atomic mass is 35.5. The molecule has 3 heterocycles. The number of nitrogens with one attached hydrogen (secondary N) is 2. The van der Waals surface area contributed by atoms with Crippen LogP contribution in [0.3, 0.4) is 0 Å². The quantitative estimate of drug-likeness (QED) is 0.423. The number of carboxylic acid groups (broad SMARTS) is 1. The molecule has 1 aromatic rings. The molecule has 2 saturated heterocycles. The van der Waals surface area contributed by atoms with E-state index < -0.39 is 35.7 Å². The van der Waals surface area contributed by atoms with Gasteiger partial charge < -0.3 is 25.0 Å². The number of ether oxygens (including phenoxy) is 1. The van der Waals surface area contributed by atoms with Gasteiger partial charge in [-0.3, -0.25) is 28.9 Å². The number of carboxylic acids is 1. The van der Waals surface area contributed by atoms with Gasteiger partial charge in [-0.25, -0.2) is 4.98 Å². The maximum Gasteiger partial charge on any atom is 0.323 e. The molecule has 0 unspecified atom stereocenters. The van der Waals surface area contributed by atoms with Crippen molar-refractivity contribution in [2.75, 3.05) is 26.7 Å². The number of hydrogen-bond acceptors (Lipinski definition) is 8. The van der Waals surface area contributed by atoms with E-state index in [-0.39, 0.29) is 34.4 Å². The van der Waals surface area contributed by atoms with Gasteiger partial charge in [0.2, 0.25) is 5.91 Å². The van der Waals surface area contributed by atoms with Crippen molar-refractivity contribution in [1.82, 2.24) is 25.1 Å². The number of hydrogen-bond donors (Lipinski definition) is 3. The first kappa shape index (κ1) is 26.4. The third kappa shape index (κ3) is 6.29. The normalized spacial score (nSPS) is 21.9. The molecule has 2 aliphatic heterocycles. The lowest BCUT2D eigenvalue weighted by molar-refractivity contribution is -0.140. The second-order valence-corrected chi connectivity index (χ2v) is 9.03. The predicted octanol–water partition coefficient (Wildman–Crippen LogP) is 1.19. The minimum atomic E-state index is -1.30. The molecular weight excluding hydrogens is 502 g/mol. The summed E-state index contributed by atoms with van der Waals surface area (Å²) in [4.78, 5) is 69.0. The number of aryl methyl sites for hydroxylation is 1. The number of carbonyl (C=O) groups excluding carboxylic acids is 4. The van der Waals surface area contributed by atoms with E-state index in [2.05, 4.69) is 15.3 Å². The molecule has 0 bridgehead atoms. The molecule has 4 amide bonds. The van der Waals surface area contributed by atoms with Gasteiger partial charge in [-0.1, -0.05) is 24.6 Å². The van der Waals surface area contributed by atoms with E-state index in [4.69, 9.17) is 21.4 Å². The molecule has 188 valence electrons. The van der Waals surface area contributed by atoms with Gasteiger partial charge >= 0.3 is 5.97 Å². The number of H-pyrrole nitrogens is 1. The van der Waals surface area contributed by atoms with Crippen LogP contribution in [0.4, 0.5) is 4.79 Å². The average molecular weight is 526 g/mol. The molecule has 35 heavy (non-hydrogen) atoms. The van der Waals surface area contributed by atoms with Crippen LogP contribution in [-0.4, -0.2) is 92.7 Å². The number of methoxy groups -OCH3 is 1. The minimum Gasteiger partial charge on any atom is -0.480 e. The van der Waals surface area contributed by atoms with Crippen LogP contribution in [0.2, 0.25) is 5.15 Å². The van der Waals surface area contributed by atoms with Gasteiger partial charge in [0.15, 0.2) is 11.0 Å². The molecule has 3 rings (SSSR count). The van der Waals surface area contributed by atoms with E-state index in [1.165, 1.54) is 30.2 Å². The molecular formula is C21H24ClN5O7S. The zero-order chi connectivity index (χ0) is 25.7. The Hall–Kier alpha value is -3.16. The number of halogens is 1. The zero-order valence-electron chi connectivity index (χ0n) is 18.9. The summed E-state index contributed by atoms with van der Waals surface area (Å²) < 4.78 is 5.49. The summed E-state index contributed by atoms with van der Waals surface area (Å²) in [5.74, 6) is -2.68. The van der Waals surface area contributed by atoms with Crippen molar-refractivity contribution in [3.8, 4) is 0 Å². The van der Waals surface area contributed by atoms with Crippen LogP contribution in [-0.2, 0) is 25.5 Å². The topological polar surface area (TPSA) is 162 Å². The number of imidazole rings is 1. The number of aromatic nitrogens is 2. The largest absolute Gasteiger partial charge is 0.480 e. The van der Waals surface area contributed by atoms with Crippen molar-refractivity contribution in [2.24, 2.45) is 0 Å². The molecule has 0 spiro atoms. The Morgan fingerprint density at radius 3 is 2.74 bits per heavy atom. The van der Waals surface area contributed by atoms with Crippen molar-refractivity contribution in [3.05, 3.63) is 39.8 Å². The summed E-state index contributed by atoms with van der Waals surface area (Å²) in [7, 11) is 1.49. The van der Waals surface area contributed by atoms with Gasteiger partial charge in [-0.15, -0.1) is 0 Å². The van der Waals surface area contributed by atoms with E-state index in [1.54, 1.807) is 0 Å². The van der Waals surface area contributed by atoms with Crippen LogP contribution in [0, 0.1) is 0 Å². The van der Waals surface area contributed by atoms with Crippen molar-refractivity contribution in [1.29, 1.82) is 0 Å². The molecule has 2 atom stereocenters. The number of piperidine rings is 1. The van der Waals surface area contributed by atoms with E-state index in [0.717, 1.165) is 0 Å². The Bertz CT molecular complexity index is 1100. The number of nitrogens with zero attached hydrogens (tertiary/aromatic N) is 3. The molecule has 14 heteroatoms. The second-order valence-electron chi connectivity index (χ2n) is 7.68. The number of likely N-dealkylation sites (tertiary alicyclic amines) is 1. The summed E-state index contributed by atoms with van der Waals surface area (Å²) in [5, 5.41) is 11.2. The molecule has 2 fully saturated rings. The first-order valence-corrected chi connectivity index (χ1v) is 11.8. The third-order valence-corrected chi connectivity index (χ3v) is 6.68. The maximum absolute atomic E-state index is 12.6. The summed E-state index contributed by atoms with van der Waals surface area (Å²) >= 11 is 6.61. The lowest BCUT2D eigenvalue weighted by atomic mass is 10.0. The van der Waals surface area contributed by atoms with Gasteiger partial charge in [0, 0.05) is 26.3 Å². The smallest absolute Gasteiger partial charge is 0.323 e. The molecule has 1 aromatic heterocycles. The maximum atomic E-state index is 12.6. The molecule has 0 radical (unpaired) electrons. The van der Waals surface area contributed by atoms with Gasteiger partial charge in [0.25, 0.3) is 17.1 Å².